The monoisotopic (exact) mass is 394 g/mol. The Kier molecular flexibility index (Phi) is 6.18. The molecule has 8 heteroatoms. The number of carbonyl (C=O) groups excluding carboxylic acids is 1. The molecule has 2 heterocycles. The van der Waals surface area contributed by atoms with Crippen molar-refractivity contribution in [3.8, 4) is 0 Å². The number of furan rings is 1. The van der Waals surface area contributed by atoms with Gasteiger partial charge in [0.1, 0.15) is 5.58 Å². The summed E-state index contributed by atoms with van der Waals surface area (Å²) in [5.41, 5.74) is 1.42. The Bertz CT molecular complexity index is 898. The van der Waals surface area contributed by atoms with Crippen LogP contribution in [-0.4, -0.2) is 51.2 Å². The average molecular weight is 394 g/mol. The molecule has 0 aliphatic carbocycles. The van der Waals surface area contributed by atoms with Crippen molar-refractivity contribution in [3.05, 3.63) is 35.6 Å². The molecule has 1 aromatic heterocycles. The van der Waals surface area contributed by atoms with Crippen molar-refractivity contribution in [2.75, 3.05) is 26.0 Å². The number of benzene rings is 1. The van der Waals surface area contributed by atoms with Crippen LogP contribution in [0.5, 0.6) is 0 Å². The number of nitrogens with one attached hydrogen (secondary N) is 1. The minimum Gasteiger partial charge on any atom is -0.451 e. The van der Waals surface area contributed by atoms with Gasteiger partial charge in [0.05, 0.1) is 12.4 Å². The lowest BCUT2D eigenvalue weighted by Crippen LogP contribution is -2.47. The summed E-state index contributed by atoms with van der Waals surface area (Å²) in [5, 5.41) is 0.880. The zero-order chi connectivity index (χ0) is 19.4. The highest BCUT2D eigenvalue weighted by Crippen LogP contribution is 2.28. The van der Waals surface area contributed by atoms with Gasteiger partial charge in [-0.3, -0.25) is 4.79 Å². The summed E-state index contributed by atoms with van der Waals surface area (Å²) < 4.78 is 37.7. The van der Waals surface area contributed by atoms with E-state index in [2.05, 4.69) is 4.72 Å². The first-order chi connectivity index (χ1) is 12.9. The molecule has 148 valence electrons. The first kappa shape index (κ1) is 19.9. The van der Waals surface area contributed by atoms with Gasteiger partial charge in [-0.15, -0.1) is 0 Å². The lowest BCUT2D eigenvalue weighted by molar-refractivity contribution is 0.0675. The van der Waals surface area contributed by atoms with Crippen LogP contribution in [0.25, 0.3) is 11.0 Å². The Labute approximate surface area is 159 Å². The predicted octanol–water partition coefficient (Wildman–Crippen LogP) is 2.51. The third-order valence-electron chi connectivity index (χ3n) is 4.78. The molecular formula is C19H26N2O5S. The second-order valence-corrected chi connectivity index (χ2v) is 8.72. The van der Waals surface area contributed by atoms with Crippen LogP contribution in [0.1, 0.15) is 42.3 Å². The number of nitrogens with zero attached hydrogens (tertiary/aromatic N) is 1. The van der Waals surface area contributed by atoms with Crippen LogP contribution >= 0.6 is 0 Å². The highest BCUT2D eigenvalue weighted by Gasteiger charge is 2.29. The van der Waals surface area contributed by atoms with Crippen molar-refractivity contribution in [2.45, 2.75) is 38.8 Å². The summed E-state index contributed by atoms with van der Waals surface area (Å²) in [6, 6.07) is 7.39. The summed E-state index contributed by atoms with van der Waals surface area (Å²) in [6.07, 6.45) is 1.77. The van der Waals surface area contributed by atoms with Gasteiger partial charge in [-0.1, -0.05) is 25.1 Å². The highest BCUT2D eigenvalue weighted by molar-refractivity contribution is 7.89. The summed E-state index contributed by atoms with van der Waals surface area (Å²) in [5.74, 6) is 0.266. The van der Waals surface area contributed by atoms with Gasteiger partial charge < -0.3 is 14.1 Å². The Balaban J connectivity index is 1.71. The molecule has 1 saturated heterocycles. The van der Waals surface area contributed by atoms with Crippen LogP contribution in [0, 0.1) is 0 Å². The van der Waals surface area contributed by atoms with Crippen molar-refractivity contribution < 1.29 is 22.4 Å². The maximum absolute atomic E-state index is 13.0. The fraction of sp³-hybridized carbons (Fsp3) is 0.526. The second kappa shape index (κ2) is 8.41. The van der Waals surface area contributed by atoms with Crippen LogP contribution in [0.3, 0.4) is 0 Å². The van der Waals surface area contributed by atoms with E-state index >= 15 is 0 Å². The van der Waals surface area contributed by atoms with Crippen molar-refractivity contribution >= 4 is 26.9 Å². The maximum atomic E-state index is 13.0. The van der Waals surface area contributed by atoms with E-state index in [1.807, 2.05) is 31.2 Å². The number of hydrogen-bond donors (Lipinski definition) is 1. The molecule has 2 aromatic rings. The van der Waals surface area contributed by atoms with E-state index in [0.717, 1.165) is 10.9 Å². The van der Waals surface area contributed by atoms with E-state index in [1.165, 1.54) is 0 Å². The van der Waals surface area contributed by atoms with Gasteiger partial charge in [0.2, 0.25) is 10.0 Å². The molecule has 1 fully saturated rings. The molecule has 0 radical (unpaired) electrons. The Hall–Kier alpha value is -1.90. The third-order valence-corrected chi connectivity index (χ3v) is 6.42. The quantitative estimate of drug-likeness (QED) is 0.779. The minimum absolute atomic E-state index is 0.125. The van der Waals surface area contributed by atoms with Crippen molar-refractivity contribution in [3.63, 3.8) is 0 Å². The fourth-order valence-electron chi connectivity index (χ4n) is 3.48. The van der Waals surface area contributed by atoms with Crippen LogP contribution in [-0.2, 0) is 21.4 Å². The zero-order valence-corrected chi connectivity index (χ0v) is 16.5. The molecule has 7 nitrogen and oxygen atoms in total. The first-order valence-corrected chi connectivity index (χ1v) is 10.9. The number of likely N-dealkylation sites (tertiary alicyclic amines) is 1. The largest absolute Gasteiger partial charge is 0.451 e. The number of amides is 1. The van der Waals surface area contributed by atoms with Crippen molar-refractivity contribution in [1.82, 2.24) is 9.62 Å². The van der Waals surface area contributed by atoms with Gasteiger partial charge in [0, 0.05) is 37.2 Å². The summed E-state index contributed by atoms with van der Waals surface area (Å²) in [4.78, 5) is 14.7. The number of methoxy groups -OCH3 is 1. The fourth-order valence-corrected chi connectivity index (χ4v) is 4.88. The van der Waals surface area contributed by atoms with E-state index in [0.29, 0.717) is 50.3 Å². The number of ether oxygens (including phenoxy) is 1. The SMILES string of the molecule is CCCS(=O)(=O)NC1CCN(C(=O)c2oc3ccccc3c2COC)CC1. The lowest BCUT2D eigenvalue weighted by atomic mass is 10.1. The summed E-state index contributed by atoms with van der Waals surface area (Å²) >= 11 is 0. The molecule has 1 aromatic carbocycles. The molecule has 1 N–H and O–H groups in total. The zero-order valence-electron chi connectivity index (χ0n) is 15.7. The second-order valence-electron chi connectivity index (χ2n) is 6.84. The molecule has 1 aliphatic heterocycles. The number of carbonyl (C=O) groups is 1. The number of rotatable bonds is 7. The van der Waals surface area contributed by atoms with Crippen LogP contribution in [0.15, 0.2) is 28.7 Å². The van der Waals surface area contributed by atoms with Gasteiger partial charge >= 0.3 is 0 Å². The standard InChI is InChI=1S/C19H26N2O5S/c1-3-12-27(23,24)20-14-8-10-21(11-9-14)19(22)18-16(13-25-2)15-6-4-5-7-17(15)26-18/h4-7,14,20H,3,8-13H2,1-2H3. The average Bonchev–Trinajstić information content (AvgIpc) is 3.00. The van der Waals surface area contributed by atoms with Gasteiger partial charge in [-0.25, -0.2) is 13.1 Å². The maximum Gasteiger partial charge on any atom is 0.289 e. The molecule has 0 bridgehead atoms. The number of piperidine rings is 1. The number of para-hydroxylation sites is 1. The van der Waals surface area contributed by atoms with E-state index in [-0.39, 0.29) is 17.7 Å². The third kappa shape index (κ3) is 4.51. The molecule has 0 atom stereocenters. The molecule has 0 saturated carbocycles. The normalized spacial score (nSPS) is 16.1. The first-order valence-electron chi connectivity index (χ1n) is 9.23. The van der Waals surface area contributed by atoms with E-state index < -0.39 is 10.0 Å². The van der Waals surface area contributed by atoms with Gasteiger partial charge in [0.15, 0.2) is 5.76 Å². The smallest absolute Gasteiger partial charge is 0.289 e. The van der Waals surface area contributed by atoms with Gasteiger partial charge in [0.25, 0.3) is 5.91 Å². The van der Waals surface area contributed by atoms with Crippen molar-refractivity contribution in [2.24, 2.45) is 0 Å². The predicted molar refractivity (Wildman–Crippen MR) is 103 cm³/mol. The summed E-state index contributed by atoms with van der Waals surface area (Å²) in [7, 11) is -1.65. The lowest BCUT2D eigenvalue weighted by Gasteiger charge is -2.31. The molecule has 27 heavy (non-hydrogen) atoms. The Morgan fingerprint density at radius 3 is 2.67 bits per heavy atom. The highest BCUT2D eigenvalue weighted by atomic mass is 32.2. The van der Waals surface area contributed by atoms with Crippen LogP contribution < -0.4 is 4.72 Å². The topological polar surface area (TPSA) is 88.9 Å². The molecule has 1 aliphatic rings. The van der Waals surface area contributed by atoms with E-state index in [9.17, 15) is 13.2 Å². The van der Waals surface area contributed by atoms with E-state index in [1.54, 1.807) is 12.0 Å². The van der Waals surface area contributed by atoms with Gasteiger partial charge in [-0.2, -0.15) is 0 Å². The molecule has 0 spiro atoms. The Morgan fingerprint density at radius 2 is 2.00 bits per heavy atom. The molecule has 1 amide bonds. The number of sulfonamides is 1. The van der Waals surface area contributed by atoms with Crippen LogP contribution in [0.2, 0.25) is 0 Å². The molecule has 0 unspecified atom stereocenters. The van der Waals surface area contributed by atoms with Gasteiger partial charge in [-0.05, 0) is 25.3 Å². The van der Waals surface area contributed by atoms with E-state index in [4.69, 9.17) is 9.15 Å². The van der Waals surface area contributed by atoms with Crippen molar-refractivity contribution in [1.29, 1.82) is 0 Å². The molecule has 3 rings (SSSR count). The Morgan fingerprint density at radius 1 is 1.30 bits per heavy atom. The van der Waals surface area contributed by atoms with Crippen LogP contribution in [0.4, 0.5) is 0 Å². The molecular weight excluding hydrogens is 368 g/mol. The number of fused-ring (bicyclic) bond motifs is 1. The number of hydrogen-bond acceptors (Lipinski definition) is 5. The summed E-state index contributed by atoms with van der Waals surface area (Å²) in [6.45, 7) is 3.11. The minimum atomic E-state index is -3.24.